The summed E-state index contributed by atoms with van der Waals surface area (Å²) >= 11 is 0. The smallest absolute Gasteiger partial charge is 0.339 e. The molecule has 2 aromatic rings. The highest BCUT2D eigenvalue weighted by Crippen LogP contribution is 2.34. The van der Waals surface area contributed by atoms with Crippen LogP contribution in [0.2, 0.25) is 0 Å². The van der Waals surface area contributed by atoms with Gasteiger partial charge in [-0.2, -0.15) is 0 Å². The predicted molar refractivity (Wildman–Crippen MR) is 73.0 cm³/mol. The Hall–Kier alpha value is -2.49. The maximum Gasteiger partial charge on any atom is 0.339 e. The van der Waals surface area contributed by atoms with E-state index in [4.69, 9.17) is 9.47 Å². The first-order valence-corrected chi connectivity index (χ1v) is 6.35. The van der Waals surface area contributed by atoms with Gasteiger partial charge in [-0.25, -0.2) is 4.79 Å². The molecule has 0 radical (unpaired) electrons. The fourth-order valence-corrected chi connectivity index (χ4v) is 2.42. The summed E-state index contributed by atoms with van der Waals surface area (Å²) in [7, 11) is 1.49. The van der Waals surface area contributed by atoms with Crippen LogP contribution in [0.5, 0.6) is 11.5 Å². The van der Waals surface area contributed by atoms with E-state index in [1.807, 2.05) is 18.2 Å². The minimum absolute atomic E-state index is 0.0416. The molecule has 3 rings (SSSR count). The van der Waals surface area contributed by atoms with Gasteiger partial charge in [-0.05, 0) is 29.3 Å². The number of hydrogen-bond acceptors (Lipinski definition) is 4. The van der Waals surface area contributed by atoms with E-state index in [2.05, 4.69) is 0 Å². The van der Waals surface area contributed by atoms with Crippen LogP contribution in [0.4, 0.5) is 0 Å². The predicted octanol–water partition coefficient (Wildman–Crippen LogP) is 2.86. The lowest BCUT2D eigenvalue weighted by molar-refractivity contribution is 0.0252. The Morgan fingerprint density at radius 1 is 1.25 bits per heavy atom. The Bertz CT molecular complexity index is 663. The number of phenolic OH excluding ortho intramolecular Hbond substituents is 1. The van der Waals surface area contributed by atoms with Crippen LogP contribution in [0.15, 0.2) is 42.5 Å². The lowest BCUT2D eigenvalue weighted by atomic mass is 9.94. The van der Waals surface area contributed by atoms with E-state index < -0.39 is 0 Å². The molecule has 2 aromatic carbocycles. The third-order valence-electron chi connectivity index (χ3n) is 3.47. The summed E-state index contributed by atoms with van der Waals surface area (Å²) in [5.41, 5.74) is 2.33. The molecule has 102 valence electrons. The first kappa shape index (κ1) is 12.5. The number of phenols is 1. The maximum atomic E-state index is 12.0. The van der Waals surface area contributed by atoms with E-state index in [1.165, 1.54) is 7.11 Å². The van der Waals surface area contributed by atoms with Crippen LogP contribution in [0, 0.1) is 0 Å². The molecule has 1 aliphatic rings. The number of aromatic hydroxyl groups is 1. The van der Waals surface area contributed by atoms with Crippen molar-refractivity contribution >= 4 is 5.97 Å². The molecule has 0 saturated heterocycles. The van der Waals surface area contributed by atoms with Gasteiger partial charge >= 0.3 is 5.97 Å². The van der Waals surface area contributed by atoms with Crippen LogP contribution >= 0.6 is 0 Å². The van der Waals surface area contributed by atoms with Gasteiger partial charge < -0.3 is 14.6 Å². The van der Waals surface area contributed by atoms with Crippen LogP contribution in [0.25, 0.3) is 0 Å². The molecule has 0 aromatic heterocycles. The molecule has 0 bridgehead atoms. The Labute approximate surface area is 116 Å². The van der Waals surface area contributed by atoms with Crippen molar-refractivity contribution in [2.75, 3.05) is 7.11 Å². The van der Waals surface area contributed by atoms with Gasteiger partial charge in [-0.15, -0.1) is 0 Å². The second-order valence-electron chi connectivity index (χ2n) is 4.69. The number of rotatable bonds is 2. The largest absolute Gasteiger partial charge is 0.504 e. The molecular weight excluding hydrogens is 256 g/mol. The molecule has 0 aliphatic carbocycles. The van der Waals surface area contributed by atoms with Crippen molar-refractivity contribution in [3.05, 3.63) is 59.2 Å². The first-order chi connectivity index (χ1) is 9.69. The summed E-state index contributed by atoms with van der Waals surface area (Å²) < 4.78 is 10.4. The molecule has 20 heavy (non-hydrogen) atoms. The Morgan fingerprint density at radius 3 is 2.80 bits per heavy atom. The van der Waals surface area contributed by atoms with Crippen LogP contribution in [0.3, 0.4) is 0 Å². The normalized spacial score (nSPS) is 17.2. The van der Waals surface area contributed by atoms with Gasteiger partial charge in [0.05, 0.1) is 12.7 Å². The molecule has 1 N–H and O–H groups in total. The van der Waals surface area contributed by atoms with Crippen molar-refractivity contribution in [2.45, 2.75) is 12.5 Å². The van der Waals surface area contributed by atoms with E-state index in [0.717, 1.165) is 11.1 Å². The summed E-state index contributed by atoms with van der Waals surface area (Å²) in [5.74, 6) is 0.114. The topological polar surface area (TPSA) is 55.8 Å². The average molecular weight is 270 g/mol. The van der Waals surface area contributed by atoms with Gasteiger partial charge in [0.1, 0.15) is 6.10 Å². The van der Waals surface area contributed by atoms with E-state index in [0.29, 0.717) is 17.7 Å². The van der Waals surface area contributed by atoms with Gasteiger partial charge in [0.2, 0.25) is 0 Å². The van der Waals surface area contributed by atoms with Crippen molar-refractivity contribution in [1.82, 2.24) is 0 Å². The van der Waals surface area contributed by atoms with Crippen LogP contribution in [-0.4, -0.2) is 18.2 Å². The summed E-state index contributed by atoms with van der Waals surface area (Å²) in [6, 6.07) is 12.4. The minimum Gasteiger partial charge on any atom is -0.504 e. The van der Waals surface area contributed by atoms with Crippen molar-refractivity contribution in [1.29, 1.82) is 0 Å². The number of ether oxygens (including phenoxy) is 2. The molecule has 1 heterocycles. The highest BCUT2D eigenvalue weighted by molar-refractivity contribution is 5.92. The van der Waals surface area contributed by atoms with E-state index in [-0.39, 0.29) is 17.8 Å². The Kier molecular flexibility index (Phi) is 3.06. The summed E-state index contributed by atoms with van der Waals surface area (Å²) in [6.45, 7) is 0. The molecule has 4 heteroatoms. The second kappa shape index (κ2) is 4.89. The van der Waals surface area contributed by atoms with Crippen LogP contribution in [0.1, 0.15) is 27.6 Å². The summed E-state index contributed by atoms with van der Waals surface area (Å²) in [6.07, 6.45) is 0.224. The Balaban J connectivity index is 1.94. The van der Waals surface area contributed by atoms with E-state index >= 15 is 0 Å². The zero-order valence-corrected chi connectivity index (χ0v) is 11.0. The number of methoxy groups -OCH3 is 1. The van der Waals surface area contributed by atoms with Crippen molar-refractivity contribution < 1.29 is 19.4 Å². The molecule has 1 aliphatic heterocycles. The van der Waals surface area contributed by atoms with Gasteiger partial charge in [0.15, 0.2) is 11.5 Å². The fraction of sp³-hybridized carbons (Fsp3) is 0.188. The number of esters is 1. The van der Waals surface area contributed by atoms with Crippen LogP contribution in [-0.2, 0) is 11.2 Å². The molecule has 0 fully saturated rings. The van der Waals surface area contributed by atoms with Crippen molar-refractivity contribution in [3.8, 4) is 11.5 Å². The van der Waals surface area contributed by atoms with E-state index in [9.17, 15) is 9.90 Å². The first-order valence-electron chi connectivity index (χ1n) is 6.35. The maximum absolute atomic E-state index is 12.0. The average Bonchev–Trinajstić information content (AvgIpc) is 2.47. The number of fused-ring (bicyclic) bond motifs is 1. The summed E-state index contributed by atoms with van der Waals surface area (Å²) in [5, 5.41) is 9.82. The number of hydrogen-bond donors (Lipinski definition) is 1. The van der Waals surface area contributed by atoms with Crippen molar-refractivity contribution in [3.63, 3.8) is 0 Å². The van der Waals surface area contributed by atoms with E-state index in [1.54, 1.807) is 24.3 Å². The molecular formula is C16H14O4. The molecule has 4 nitrogen and oxygen atoms in total. The van der Waals surface area contributed by atoms with Gasteiger partial charge in [0.25, 0.3) is 0 Å². The number of cyclic esters (lactones) is 1. The fourth-order valence-electron chi connectivity index (χ4n) is 2.42. The van der Waals surface area contributed by atoms with Gasteiger partial charge in [-0.3, -0.25) is 0 Å². The molecule has 1 atom stereocenters. The van der Waals surface area contributed by atoms with Gasteiger partial charge in [-0.1, -0.05) is 24.3 Å². The lowest BCUT2D eigenvalue weighted by Crippen LogP contribution is -2.21. The molecule has 0 amide bonds. The number of carbonyl (C=O) groups is 1. The zero-order valence-electron chi connectivity index (χ0n) is 11.0. The quantitative estimate of drug-likeness (QED) is 0.852. The minimum atomic E-state index is -0.380. The monoisotopic (exact) mass is 270 g/mol. The molecule has 0 saturated carbocycles. The molecule has 1 unspecified atom stereocenters. The highest BCUT2D eigenvalue weighted by atomic mass is 16.5. The lowest BCUT2D eigenvalue weighted by Gasteiger charge is -2.25. The SMILES string of the molecule is COc1ccc(C2Cc3ccccc3C(=O)O2)cc1O. The highest BCUT2D eigenvalue weighted by Gasteiger charge is 2.27. The molecule has 0 spiro atoms. The number of carbonyl (C=O) groups excluding carboxylic acids is 1. The Morgan fingerprint density at radius 2 is 2.05 bits per heavy atom. The summed E-state index contributed by atoms with van der Waals surface area (Å²) in [4.78, 5) is 12.0. The van der Waals surface area contributed by atoms with Crippen LogP contribution < -0.4 is 4.74 Å². The third kappa shape index (κ3) is 2.09. The van der Waals surface area contributed by atoms with Crippen molar-refractivity contribution in [2.24, 2.45) is 0 Å². The second-order valence-corrected chi connectivity index (χ2v) is 4.69. The van der Waals surface area contributed by atoms with Gasteiger partial charge in [0, 0.05) is 6.42 Å². The number of benzene rings is 2. The zero-order chi connectivity index (χ0) is 14.1. The third-order valence-corrected chi connectivity index (χ3v) is 3.47. The standard InChI is InChI=1S/C16H14O4/c1-19-14-7-6-11(8-13(14)17)15-9-10-4-2-3-5-12(10)16(18)20-15/h2-8,15,17H,9H2,1H3.